The van der Waals surface area contributed by atoms with Crippen LogP contribution in [0.1, 0.15) is 34.5 Å². The van der Waals surface area contributed by atoms with Crippen LogP contribution in [-0.2, 0) is 12.8 Å². The van der Waals surface area contributed by atoms with Crippen LogP contribution in [0.25, 0.3) is 0 Å². The maximum Gasteiger partial charge on any atom is 0.255 e. The lowest BCUT2D eigenvalue weighted by Crippen LogP contribution is -2.49. The van der Waals surface area contributed by atoms with Gasteiger partial charge in [0.2, 0.25) is 0 Å². The van der Waals surface area contributed by atoms with Crippen LogP contribution in [0, 0.1) is 0 Å². The number of aromatic nitrogens is 2. The number of rotatable bonds is 2. The molecule has 0 N–H and O–H groups in total. The number of aryl methyl sites for hydroxylation is 2. The number of piperazine rings is 1. The molecule has 4 rings (SSSR count). The van der Waals surface area contributed by atoms with Crippen molar-refractivity contribution >= 4 is 34.9 Å². The van der Waals surface area contributed by atoms with E-state index in [4.69, 9.17) is 23.2 Å². The van der Waals surface area contributed by atoms with Crippen LogP contribution in [0.15, 0.2) is 24.3 Å². The average Bonchev–Trinajstić information content (AvgIpc) is 2.69. The molecule has 1 aromatic heterocycles. The van der Waals surface area contributed by atoms with E-state index in [0.717, 1.165) is 37.4 Å². The molecular formula is C19H20Cl2N4O. The molecule has 7 heteroatoms. The van der Waals surface area contributed by atoms with Crippen molar-refractivity contribution in [3.63, 3.8) is 0 Å². The third-order valence-corrected chi connectivity index (χ3v) is 5.95. The van der Waals surface area contributed by atoms with Crippen LogP contribution in [0.3, 0.4) is 0 Å². The fraction of sp³-hybridized carbons (Fsp3) is 0.421. The Bertz CT molecular complexity index is 834. The molecule has 1 amide bonds. The molecule has 0 atom stereocenters. The van der Waals surface area contributed by atoms with Gasteiger partial charge in [0.25, 0.3) is 5.91 Å². The number of halogens is 2. The number of nitrogens with zero attached hydrogens (tertiary/aromatic N) is 4. The van der Waals surface area contributed by atoms with Gasteiger partial charge >= 0.3 is 0 Å². The third kappa shape index (κ3) is 3.38. The van der Waals surface area contributed by atoms with Gasteiger partial charge in [-0.05, 0) is 49.4 Å². The van der Waals surface area contributed by atoms with E-state index in [2.05, 4.69) is 21.2 Å². The summed E-state index contributed by atoms with van der Waals surface area (Å²) in [4.78, 5) is 16.8. The van der Waals surface area contributed by atoms with E-state index in [0.29, 0.717) is 28.7 Å². The highest BCUT2D eigenvalue weighted by Crippen LogP contribution is 2.27. The van der Waals surface area contributed by atoms with Crippen molar-refractivity contribution in [2.75, 3.05) is 31.1 Å². The summed E-state index contributed by atoms with van der Waals surface area (Å²) >= 11 is 12.2. The fourth-order valence-electron chi connectivity index (χ4n) is 3.61. The fourth-order valence-corrected chi connectivity index (χ4v) is 3.99. The number of fused-ring (bicyclic) bond motifs is 1. The number of carbonyl (C=O) groups is 1. The molecule has 1 saturated heterocycles. The second kappa shape index (κ2) is 7.41. The van der Waals surface area contributed by atoms with Crippen molar-refractivity contribution in [2.24, 2.45) is 0 Å². The molecule has 0 saturated carbocycles. The summed E-state index contributed by atoms with van der Waals surface area (Å²) in [5.74, 6) is 0.840. The maximum atomic E-state index is 12.7. The van der Waals surface area contributed by atoms with E-state index in [1.165, 1.54) is 18.4 Å². The van der Waals surface area contributed by atoms with Crippen molar-refractivity contribution < 1.29 is 4.79 Å². The van der Waals surface area contributed by atoms with Crippen LogP contribution in [0.2, 0.25) is 10.0 Å². The molecule has 1 fully saturated rings. The summed E-state index contributed by atoms with van der Waals surface area (Å²) in [5, 5.41) is 9.54. The van der Waals surface area contributed by atoms with Gasteiger partial charge < -0.3 is 9.80 Å². The predicted octanol–water partition coefficient (Wildman–Crippen LogP) is 3.62. The SMILES string of the molecule is O=C(c1cccc(Cl)c1Cl)N1CCN(c2cc3c(nn2)CCCC3)CC1. The first-order chi connectivity index (χ1) is 12.6. The lowest BCUT2D eigenvalue weighted by atomic mass is 9.97. The Labute approximate surface area is 162 Å². The number of amides is 1. The molecule has 2 aromatic rings. The Morgan fingerprint density at radius 3 is 2.58 bits per heavy atom. The van der Waals surface area contributed by atoms with Gasteiger partial charge in [-0.1, -0.05) is 29.3 Å². The Balaban J connectivity index is 1.44. The van der Waals surface area contributed by atoms with Gasteiger partial charge in [-0.25, -0.2) is 0 Å². The highest BCUT2D eigenvalue weighted by Gasteiger charge is 2.25. The summed E-state index contributed by atoms with van der Waals surface area (Å²) in [6.45, 7) is 2.72. The van der Waals surface area contributed by atoms with E-state index in [1.54, 1.807) is 18.2 Å². The first kappa shape index (κ1) is 17.6. The van der Waals surface area contributed by atoms with Crippen LogP contribution in [0.4, 0.5) is 5.82 Å². The maximum absolute atomic E-state index is 12.7. The number of benzene rings is 1. The Kier molecular flexibility index (Phi) is 5.00. The highest BCUT2D eigenvalue weighted by atomic mass is 35.5. The first-order valence-corrected chi connectivity index (χ1v) is 9.73. The summed E-state index contributed by atoms with van der Waals surface area (Å²) in [7, 11) is 0. The Hall–Kier alpha value is -1.85. The van der Waals surface area contributed by atoms with E-state index in [1.807, 2.05) is 4.90 Å². The molecule has 0 radical (unpaired) electrons. The van der Waals surface area contributed by atoms with Crippen LogP contribution in [-0.4, -0.2) is 47.2 Å². The predicted molar refractivity (Wildman–Crippen MR) is 103 cm³/mol. The molecule has 0 unspecified atom stereocenters. The molecular weight excluding hydrogens is 371 g/mol. The molecule has 0 bridgehead atoms. The van der Waals surface area contributed by atoms with E-state index >= 15 is 0 Å². The zero-order chi connectivity index (χ0) is 18.1. The van der Waals surface area contributed by atoms with Crippen molar-refractivity contribution in [3.8, 4) is 0 Å². The first-order valence-electron chi connectivity index (χ1n) is 8.97. The van der Waals surface area contributed by atoms with Gasteiger partial charge in [0.05, 0.1) is 21.3 Å². The average molecular weight is 391 g/mol. The zero-order valence-electron chi connectivity index (χ0n) is 14.4. The van der Waals surface area contributed by atoms with Gasteiger partial charge in [-0.2, -0.15) is 5.10 Å². The summed E-state index contributed by atoms with van der Waals surface area (Å²) in [5.41, 5.74) is 2.93. The smallest absolute Gasteiger partial charge is 0.255 e. The molecule has 26 heavy (non-hydrogen) atoms. The molecule has 1 aliphatic carbocycles. The largest absolute Gasteiger partial charge is 0.352 e. The second-order valence-electron chi connectivity index (χ2n) is 6.76. The van der Waals surface area contributed by atoms with Crippen molar-refractivity contribution in [2.45, 2.75) is 25.7 Å². The minimum absolute atomic E-state index is 0.0753. The van der Waals surface area contributed by atoms with E-state index in [-0.39, 0.29) is 5.91 Å². The van der Waals surface area contributed by atoms with Gasteiger partial charge in [-0.3, -0.25) is 4.79 Å². The molecule has 2 aliphatic rings. The number of anilines is 1. The summed E-state index contributed by atoms with van der Waals surface area (Å²) in [6.07, 6.45) is 4.55. The minimum Gasteiger partial charge on any atom is -0.352 e. The number of hydrogen-bond donors (Lipinski definition) is 0. The standard InChI is InChI=1S/C19H20Cl2N4O/c20-15-6-3-5-14(18(15)21)19(26)25-10-8-24(9-11-25)17-12-13-4-1-2-7-16(13)22-23-17/h3,5-6,12H,1-2,4,7-11H2. The van der Waals surface area contributed by atoms with Gasteiger partial charge in [0.15, 0.2) is 5.82 Å². The van der Waals surface area contributed by atoms with E-state index < -0.39 is 0 Å². The summed E-state index contributed by atoms with van der Waals surface area (Å²) in [6, 6.07) is 7.33. The van der Waals surface area contributed by atoms with Crippen LogP contribution in [0.5, 0.6) is 0 Å². The number of carbonyl (C=O) groups excluding carboxylic acids is 1. The Morgan fingerprint density at radius 2 is 1.77 bits per heavy atom. The quantitative estimate of drug-likeness (QED) is 0.785. The molecule has 136 valence electrons. The molecule has 2 heterocycles. The topological polar surface area (TPSA) is 49.3 Å². The lowest BCUT2D eigenvalue weighted by molar-refractivity contribution is 0.0746. The van der Waals surface area contributed by atoms with Crippen LogP contribution >= 0.6 is 23.2 Å². The van der Waals surface area contributed by atoms with Gasteiger partial charge in [-0.15, -0.1) is 5.10 Å². The zero-order valence-corrected chi connectivity index (χ0v) is 15.9. The van der Waals surface area contributed by atoms with Crippen molar-refractivity contribution in [1.29, 1.82) is 0 Å². The van der Waals surface area contributed by atoms with Crippen molar-refractivity contribution in [1.82, 2.24) is 15.1 Å². The summed E-state index contributed by atoms with van der Waals surface area (Å²) < 4.78 is 0. The second-order valence-corrected chi connectivity index (χ2v) is 7.55. The van der Waals surface area contributed by atoms with Crippen molar-refractivity contribution in [3.05, 3.63) is 51.1 Å². The highest BCUT2D eigenvalue weighted by molar-refractivity contribution is 6.43. The normalized spacial score (nSPS) is 17.2. The molecule has 1 aromatic carbocycles. The Morgan fingerprint density at radius 1 is 1.00 bits per heavy atom. The molecule has 0 spiro atoms. The van der Waals surface area contributed by atoms with Gasteiger partial charge in [0, 0.05) is 26.2 Å². The number of hydrogen-bond acceptors (Lipinski definition) is 4. The monoisotopic (exact) mass is 390 g/mol. The van der Waals surface area contributed by atoms with Crippen LogP contribution < -0.4 is 4.90 Å². The molecule has 5 nitrogen and oxygen atoms in total. The lowest BCUT2D eigenvalue weighted by Gasteiger charge is -2.35. The molecule has 1 aliphatic heterocycles. The van der Waals surface area contributed by atoms with E-state index in [9.17, 15) is 4.79 Å². The third-order valence-electron chi connectivity index (χ3n) is 5.13. The minimum atomic E-state index is -0.0753. The van der Waals surface area contributed by atoms with Gasteiger partial charge in [0.1, 0.15) is 0 Å².